The Balaban J connectivity index is 2.33. The van der Waals surface area contributed by atoms with Gasteiger partial charge in [0.2, 0.25) is 0 Å². The molecule has 1 aromatic rings. The van der Waals surface area contributed by atoms with Crippen molar-refractivity contribution in [3.8, 4) is 0 Å². The lowest BCUT2D eigenvalue weighted by Crippen LogP contribution is -2.05. The Hall–Kier alpha value is -0.820. The fourth-order valence-corrected chi connectivity index (χ4v) is 2.03. The molecule has 0 bridgehead atoms. The molecule has 0 radical (unpaired) electrons. The van der Waals surface area contributed by atoms with Gasteiger partial charge >= 0.3 is 0 Å². The van der Waals surface area contributed by atoms with Gasteiger partial charge in [-0.15, -0.1) is 0 Å². The lowest BCUT2D eigenvalue weighted by Gasteiger charge is -2.17. The van der Waals surface area contributed by atoms with Crippen LogP contribution in [0.3, 0.4) is 0 Å². The summed E-state index contributed by atoms with van der Waals surface area (Å²) in [6.07, 6.45) is 7.70. The number of ether oxygens (including phenoxy) is 1. The molecule has 17 heavy (non-hydrogen) atoms. The molecule has 0 aliphatic carbocycles. The SMILES string of the molecule is CCCCCCOC(CCC)c1ccccc1. The smallest absolute Gasteiger partial charge is 0.0824 e. The van der Waals surface area contributed by atoms with Crippen molar-refractivity contribution in [3.05, 3.63) is 35.9 Å². The van der Waals surface area contributed by atoms with Crippen molar-refractivity contribution >= 4 is 0 Å². The standard InChI is InChI=1S/C16H26O/c1-3-5-6-10-14-17-16(11-4-2)15-12-8-7-9-13-15/h7-9,12-13,16H,3-6,10-11,14H2,1-2H3. The van der Waals surface area contributed by atoms with Crippen LogP contribution in [0.4, 0.5) is 0 Å². The molecule has 0 fully saturated rings. The third-order valence-corrected chi connectivity index (χ3v) is 3.04. The molecule has 0 aliphatic rings. The predicted octanol–water partition coefficient (Wildman–Crippen LogP) is 5.12. The van der Waals surface area contributed by atoms with Crippen molar-refractivity contribution in [2.75, 3.05) is 6.61 Å². The van der Waals surface area contributed by atoms with Gasteiger partial charge in [0.05, 0.1) is 6.10 Å². The lowest BCUT2D eigenvalue weighted by molar-refractivity contribution is 0.0435. The quantitative estimate of drug-likeness (QED) is 0.538. The lowest BCUT2D eigenvalue weighted by atomic mass is 10.1. The molecule has 0 saturated heterocycles. The van der Waals surface area contributed by atoms with E-state index in [2.05, 4.69) is 44.2 Å². The molecule has 96 valence electrons. The Labute approximate surface area is 106 Å². The second-order valence-corrected chi connectivity index (χ2v) is 4.62. The van der Waals surface area contributed by atoms with Crippen molar-refractivity contribution in [2.24, 2.45) is 0 Å². The summed E-state index contributed by atoms with van der Waals surface area (Å²) in [5.74, 6) is 0. The molecular formula is C16H26O. The van der Waals surface area contributed by atoms with Gasteiger partial charge in [-0.1, -0.05) is 69.9 Å². The summed E-state index contributed by atoms with van der Waals surface area (Å²) < 4.78 is 6.02. The second kappa shape index (κ2) is 9.23. The zero-order valence-electron chi connectivity index (χ0n) is 11.3. The van der Waals surface area contributed by atoms with E-state index in [9.17, 15) is 0 Å². The molecule has 0 aromatic heterocycles. The van der Waals surface area contributed by atoms with E-state index in [-0.39, 0.29) is 0 Å². The van der Waals surface area contributed by atoms with Gasteiger partial charge in [-0.2, -0.15) is 0 Å². The Morgan fingerprint density at radius 2 is 1.71 bits per heavy atom. The average molecular weight is 234 g/mol. The molecule has 0 aliphatic heterocycles. The first-order chi connectivity index (χ1) is 8.38. The summed E-state index contributed by atoms with van der Waals surface area (Å²) in [4.78, 5) is 0. The van der Waals surface area contributed by atoms with Gasteiger partial charge in [0, 0.05) is 6.61 Å². The molecule has 1 rings (SSSR count). The topological polar surface area (TPSA) is 9.23 Å². The van der Waals surface area contributed by atoms with Gasteiger partial charge in [-0.3, -0.25) is 0 Å². The molecule has 1 aromatic carbocycles. The minimum atomic E-state index is 0.294. The van der Waals surface area contributed by atoms with Crippen molar-refractivity contribution in [3.63, 3.8) is 0 Å². The number of hydrogen-bond donors (Lipinski definition) is 0. The molecule has 0 N–H and O–H groups in total. The van der Waals surface area contributed by atoms with Crippen LogP contribution in [-0.2, 0) is 4.74 Å². The van der Waals surface area contributed by atoms with Crippen LogP contribution < -0.4 is 0 Å². The van der Waals surface area contributed by atoms with Crippen LogP contribution in [0, 0.1) is 0 Å². The third kappa shape index (κ3) is 5.88. The summed E-state index contributed by atoms with van der Waals surface area (Å²) >= 11 is 0. The van der Waals surface area contributed by atoms with E-state index in [0.29, 0.717) is 6.10 Å². The summed E-state index contributed by atoms with van der Waals surface area (Å²) in [7, 11) is 0. The van der Waals surface area contributed by atoms with Gasteiger partial charge < -0.3 is 4.74 Å². The van der Waals surface area contributed by atoms with Gasteiger partial charge in [0.1, 0.15) is 0 Å². The minimum absolute atomic E-state index is 0.294. The zero-order valence-corrected chi connectivity index (χ0v) is 11.3. The fraction of sp³-hybridized carbons (Fsp3) is 0.625. The third-order valence-electron chi connectivity index (χ3n) is 3.04. The van der Waals surface area contributed by atoms with Gasteiger partial charge in [0.15, 0.2) is 0 Å². The van der Waals surface area contributed by atoms with Crippen molar-refractivity contribution in [1.29, 1.82) is 0 Å². The van der Waals surface area contributed by atoms with Gasteiger partial charge in [-0.05, 0) is 18.4 Å². The molecule has 0 amide bonds. The van der Waals surface area contributed by atoms with Crippen LogP contribution in [-0.4, -0.2) is 6.61 Å². The minimum Gasteiger partial charge on any atom is -0.374 e. The summed E-state index contributed by atoms with van der Waals surface area (Å²) in [5, 5.41) is 0. The second-order valence-electron chi connectivity index (χ2n) is 4.62. The Bertz CT molecular complexity index is 268. The van der Waals surface area contributed by atoms with Gasteiger partial charge in [0.25, 0.3) is 0 Å². The van der Waals surface area contributed by atoms with Crippen LogP contribution in [0.2, 0.25) is 0 Å². The number of benzene rings is 1. The van der Waals surface area contributed by atoms with Crippen molar-refractivity contribution in [1.82, 2.24) is 0 Å². The Morgan fingerprint density at radius 1 is 0.941 bits per heavy atom. The fourth-order valence-electron chi connectivity index (χ4n) is 2.03. The molecule has 1 heteroatoms. The first-order valence-corrected chi connectivity index (χ1v) is 7.05. The number of rotatable bonds is 9. The van der Waals surface area contributed by atoms with E-state index in [1.807, 2.05) is 0 Å². The Kier molecular flexibility index (Phi) is 7.74. The molecule has 0 spiro atoms. The van der Waals surface area contributed by atoms with E-state index in [0.717, 1.165) is 13.0 Å². The highest BCUT2D eigenvalue weighted by Crippen LogP contribution is 2.22. The maximum atomic E-state index is 6.02. The summed E-state index contributed by atoms with van der Waals surface area (Å²) in [5.41, 5.74) is 1.32. The molecule has 1 unspecified atom stereocenters. The maximum Gasteiger partial charge on any atom is 0.0824 e. The molecule has 0 heterocycles. The number of hydrogen-bond acceptors (Lipinski definition) is 1. The molecule has 1 nitrogen and oxygen atoms in total. The van der Waals surface area contributed by atoms with E-state index < -0.39 is 0 Å². The van der Waals surface area contributed by atoms with Gasteiger partial charge in [-0.25, -0.2) is 0 Å². The normalized spacial score (nSPS) is 12.6. The van der Waals surface area contributed by atoms with Crippen LogP contribution in [0.1, 0.15) is 64.0 Å². The highest BCUT2D eigenvalue weighted by molar-refractivity contribution is 5.17. The van der Waals surface area contributed by atoms with E-state index in [4.69, 9.17) is 4.74 Å². The molecule has 0 saturated carbocycles. The molecular weight excluding hydrogens is 208 g/mol. The van der Waals surface area contributed by atoms with Crippen LogP contribution in [0.15, 0.2) is 30.3 Å². The highest BCUT2D eigenvalue weighted by Gasteiger charge is 2.09. The van der Waals surface area contributed by atoms with E-state index in [1.54, 1.807) is 0 Å². The summed E-state index contributed by atoms with van der Waals surface area (Å²) in [6.45, 7) is 5.36. The van der Waals surface area contributed by atoms with E-state index >= 15 is 0 Å². The maximum absolute atomic E-state index is 6.02. The number of unbranched alkanes of at least 4 members (excludes halogenated alkanes) is 3. The summed E-state index contributed by atoms with van der Waals surface area (Å²) in [6, 6.07) is 10.6. The predicted molar refractivity (Wildman–Crippen MR) is 74.2 cm³/mol. The molecule has 1 atom stereocenters. The van der Waals surface area contributed by atoms with Crippen molar-refractivity contribution in [2.45, 2.75) is 58.5 Å². The van der Waals surface area contributed by atoms with Crippen molar-refractivity contribution < 1.29 is 4.74 Å². The van der Waals surface area contributed by atoms with Crippen LogP contribution >= 0.6 is 0 Å². The highest BCUT2D eigenvalue weighted by atomic mass is 16.5. The Morgan fingerprint density at radius 3 is 2.35 bits per heavy atom. The largest absolute Gasteiger partial charge is 0.374 e. The van der Waals surface area contributed by atoms with Crippen LogP contribution in [0.5, 0.6) is 0 Å². The first-order valence-electron chi connectivity index (χ1n) is 7.05. The van der Waals surface area contributed by atoms with E-state index in [1.165, 1.54) is 37.7 Å². The first kappa shape index (κ1) is 14.2. The average Bonchev–Trinajstić information content (AvgIpc) is 2.38. The van der Waals surface area contributed by atoms with Crippen LogP contribution in [0.25, 0.3) is 0 Å². The zero-order chi connectivity index (χ0) is 12.3. The monoisotopic (exact) mass is 234 g/mol.